The van der Waals surface area contributed by atoms with Crippen molar-refractivity contribution >= 4 is 23.2 Å². The number of benzene rings is 2. The lowest BCUT2D eigenvalue weighted by Gasteiger charge is -2.14. The summed E-state index contributed by atoms with van der Waals surface area (Å²) in [5.41, 5.74) is 2.07. The van der Waals surface area contributed by atoms with E-state index in [9.17, 15) is 0 Å². The van der Waals surface area contributed by atoms with Crippen molar-refractivity contribution in [3.63, 3.8) is 0 Å². The minimum atomic E-state index is 0.483. The van der Waals surface area contributed by atoms with E-state index in [4.69, 9.17) is 27.9 Å². The van der Waals surface area contributed by atoms with Crippen LogP contribution in [0.15, 0.2) is 42.5 Å². The van der Waals surface area contributed by atoms with E-state index in [1.165, 1.54) is 12.8 Å². The molecule has 21 heavy (non-hydrogen) atoms. The molecule has 0 heterocycles. The Labute approximate surface area is 135 Å². The van der Waals surface area contributed by atoms with Gasteiger partial charge < -0.3 is 10.1 Å². The largest absolute Gasteiger partial charge is 0.489 e. The van der Waals surface area contributed by atoms with Crippen LogP contribution >= 0.6 is 23.2 Å². The van der Waals surface area contributed by atoms with Crippen molar-refractivity contribution in [3.05, 3.63) is 63.6 Å². The normalized spacial score (nSPS) is 14.2. The van der Waals surface area contributed by atoms with Crippen LogP contribution in [0.25, 0.3) is 0 Å². The third-order valence-electron chi connectivity index (χ3n) is 3.50. The van der Waals surface area contributed by atoms with Gasteiger partial charge in [-0.2, -0.15) is 0 Å². The van der Waals surface area contributed by atoms with Crippen molar-refractivity contribution in [2.24, 2.45) is 0 Å². The predicted molar refractivity (Wildman–Crippen MR) is 87.1 cm³/mol. The Morgan fingerprint density at radius 2 is 1.90 bits per heavy atom. The Kier molecular flexibility index (Phi) is 4.69. The number of halogens is 2. The van der Waals surface area contributed by atoms with Gasteiger partial charge in [-0.3, -0.25) is 0 Å². The molecular weight excluding hydrogens is 305 g/mol. The van der Waals surface area contributed by atoms with Crippen molar-refractivity contribution < 1.29 is 4.74 Å². The first-order chi connectivity index (χ1) is 10.2. The molecule has 0 bridgehead atoms. The van der Waals surface area contributed by atoms with Crippen LogP contribution in [0.5, 0.6) is 5.75 Å². The molecule has 0 aliphatic heterocycles. The first-order valence-corrected chi connectivity index (χ1v) is 7.86. The second-order valence-corrected chi connectivity index (χ2v) is 6.13. The first kappa shape index (κ1) is 14.7. The summed E-state index contributed by atoms with van der Waals surface area (Å²) in [4.78, 5) is 0. The fraction of sp³-hybridized carbons (Fsp3) is 0.294. The smallest absolute Gasteiger partial charge is 0.125 e. The van der Waals surface area contributed by atoms with Gasteiger partial charge in [-0.25, -0.2) is 0 Å². The van der Waals surface area contributed by atoms with E-state index < -0.39 is 0 Å². The number of hydrogen-bond donors (Lipinski definition) is 1. The highest BCUT2D eigenvalue weighted by Gasteiger charge is 2.21. The number of rotatable bonds is 6. The van der Waals surface area contributed by atoms with Crippen LogP contribution in [0.2, 0.25) is 10.0 Å². The van der Waals surface area contributed by atoms with Gasteiger partial charge in [-0.15, -0.1) is 0 Å². The molecule has 0 spiro atoms. The van der Waals surface area contributed by atoms with Crippen LogP contribution < -0.4 is 10.1 Å². The summed E-state index contributed by atoms with van der Waals surface area (Å²) in [6.45, 7) is 1.23. The molecule has 0 aromatic heterocycles. The molecule has 1 aliphatic rings. The highest BCUT2D eigenvalue weighted by Crippen LogP contribution is 2.29. The highest BCUT2D eigenvalue weighted by atomic mass is 35.5. The monoisotopic (exact) mass is 321 g/mol. The van der Waals surface area contributed by atoms with E-state index in [-0.39, 0.29) is 0 Å². The summed E-state index contributed by atoms with van der Waals surface area (Å²) in [6, 6.07) is 14.1. The third kappa shape index (κ3) is 4.13. The van der Waals surface area contributed by atoms with Gasteiger partial charge in [0.05, 0.1) is 0 Å². The van der Waals surface area contributed by atoms with Crippen molar-refractivity contribution in [1.29, 1.82) is 0 Å². The first-order valence-electron chi connectivity index (χ1n) is 7.10. The van der Waals surface area contributed by atoms with Gasteiger partial charge in [0.15, 0.2) is 0 Å². The van der Waals surface area contributed by atoms with Crippen LogP contribution in [0.1, 0.15) is 24.0 Å². The maximum absolute atomic E-state index is 6.30. The van der Waals surface area contributed by atoms with Crippen LogP contribution in [0, 0.1) is 0 Å². The second-order valence-electron chi connectivity index (χ2n) is 5.29. The molecule has 4 heteroatoms. The van der Waals surface area contributed by atoms with Crippen LogP contribution in [0.3, 0.4) is 0 Å². The third-order valence-corrected chi connectivity index (χ3v) is 4.09. The fourth-order valence-electron chi connectivity index (χ4n) is 2.17. The minimum absolute atomic E-state index is 0.483. The van der Waals surface area contributed by atoms with Gasteiger partial charge in [0, 0.05) is 28.2 Å². The average Bonchev–Trinajstić information content (AvgIpc) is 3.28. The SMILES string of the molecule is Clc1cccc(COc2cccc(Cl)c2CNC2CC2)c1. The fourth-order valence-corrected chi connectivity index (χ4v) is 2.61. The Morgan fingerprint density at radius 1 is 1.10 bits per heavy atom. The number of hydrogen-bond acceptors (Lipinski definition) is 2. The lowest BCUT2D eigenvalue weighted by molar-refractivity contribution is 0.302. The van der Waals surface area contributed by atoms with E-state index in [1.807, 2.05) is 42.5 Å². The molecule has 1 aliphatic carbocycles. The molecule has 2 nitrogen and oxygen atoms in total. The zero-order valence-electron chi connectivity index (χ0n) is 11.6. The predicted octanol–water partition coefficient (Wildman–Crippen LogP) is 4.82. The van der Waals surface area contributed by atoms with Crippen LogP contribution in [-0.2, 0) is 13.2 Å². The van der Waals surface area contributed by atoms with E-state index in [2.05, 4.69) is 5.32 Å². The topological polar surface area (TPSA) is 21.3 Å². The quantitative estimate of drug-likeness (QED) is 0.823. The van der Waals surface area contributed by atoms with Crippen molar-refractivity contribution in [1.82, 2.24) is 5.32 Å². The van der Waals surface area contributed by atoms with Gasteiger partial charge in [0.2, 0.25) is 0 Å². The van der Waals surface area contributed by atoms with E-state index >= 15 is 0 Å². The molecule has 0 unspecified atom stereocenters. The van der Waals surface area contributed by atoms with Gasteiger partial charge in [-0.1, -0.05) is 41.4 Å². The lowest BCUT2D eigenvalue weighted by Crippen LogP contribution is -2.16. The summed E-state index contributed by atoms with van der Waals surface area (Å²) in [5, 5.41) is 4.94. The Hall–Kier alpha value is -1.22. The Bertz CT molecular complexity index is 626. The van der Waals surface area contributed by atoms with Crippen molar-refractivity contribution in [2.75, 3.05) is 0 Å². The summed E-state index contributed by atoms with van der Waals surface area (Å²) < 4.78 is 5.93. The molecular formula is C17H17Cl2NO. The molecule has 1 saturated carbocycles. The van der Waals surface area contributed by atoms with E-state index in [0.717, 1.165) is 33.5 Å². The van der Waals surface area contributed by atoms with Crippen LogP contribution in [-0.4, -0.2) is 6.04 Å². The van der Waals surface area contributed by atoms with E-state index in [0.29, 0.717) is 12.6 Å². The molecule has 1 N–H and O–H groups in total. The molecule has 1 fully saturated rings. The summed E-state index contributed by atoms with van der Waals surface area (Å²) in [5.74, 6) is 0.829. The zero-order chi connectivity index (χ0) is 14.7. The average molecular weight is 322 g/mol. The molecule has 110 valence electrons. The van der Waals surface area contributed by atoms with Gasteiger partial charge in [0.1, 0.15) is 12.4 Å². The highest BCUT2D eigenvalue weighted by molar-refractivity contribution is 6.31. The molecule has 0 radical (unpaired) electrons. The van der Waals surface area contributed by atoms with Crippen molar-refractivity contribution in [3.8, 4) is 5.75 Å². The van der Waals surface area contributed by atoms with Gasteiger partial charge >= 0.3 is 0 Å². The van der Waals surface area contributed by atoms with Gasteiger partial charge in [-0.05, 0) is 42.7 Å². The number of ether oxygens (including phenoxy) is 1. The molecule has 0 amide bonds. The van der Waals surface area contributed by atoms with Crippen LogP contribution in [0.4, 0.5) is 0 Å². The number of nitrogens with one attached hydrogen (secondary N) is 1. The van der Waals surface area contributed by atoms with Gasteiger partial charge in [0.25, 0.3) is 0 Å². The Morgan fingerprint density at radius 3 is 2.67 bits per heavy atom. The molecule has 2 aromatic carbocycles. The standard InChI is InChI=1S/C17H17Cl2NO/c18-13-4-1-3-12(9-13)11-21-17-6-2-5-16(19)15(17)10-20-14-7-8-14/h1-6,9,14,20H,7-8,10-11H2. The summed E-state index contributed by atoms with van der Waals surface area (Å²) in [6.07, 6.45) is 2.51. The summed E-state index contributed by atoms with van der Waals surface area (Å²) >= 11 is 12.3. The summed E-state index contributed by atoms with van der Waals surface area (Å²) in [7, 11) is 0. The maximum Gasteiger partial charge on any atom is 0.125 e. The Balaban J connectivity index is 1.70. The minimum Gasteiger partial charge on any atom is -0.489 e. The molecule has 0 atom stereocenters. The molecule has 3 rings (SSSR count). The van der Waals surface area contributed by atoms with E-state index in [1.54, 1.807) is 0 Å². The zero-order valence-corrected chi connectivity index (χ0v) is 13.1. The maximum atomic E-state index is 6.30. The van der Waals surface area contributed by atoms with Crippen molar-refractivity contribution in [2.45, 2.75) is 32.0 Å². The second kappa shape index (κ2) is 6.69. The lowest BCUT2D eigenvalue weighted by atomic mass is 10.2. The molecule has 0 saturated heterocycles. The molecule has 2 aromatic rings.